The minimum absolute atomic E-state index is 0.00184. The Hall–Kier alpha value is -3.71. The van der Waals surface area contributed by atoms with E-state index < -0.39 is 87.6 Å². The topological polar surface area (TPSA) is 184 Å². The Kier molecular flexibility index (Phi) is 13.3. The fraction of sp³-hybridized carbons (Fsp3) is 0.868. The summed E-state index contributed by atoms with van der Waals surface area (Å²) in [6.07, 6.45) is 7.46. The Labute approximate surface area is 397 Å². The van der Waals surface area contributed by atoms with Crippen LogP contribution in [0.5, 0.6) is 0 Å². The van der Waals surface area contributed by atoms with Gasteiger partial charge in [0.05, 0.1) is 34.2 Å². The number of fused-ring (bicyclic) bond motifs is 1. The van der Waals surface area contributed by atoms with Gasteiger partial charge in [-0.2, -0.15) is 0 Å². The summed E-state index contributed by atoms with van der Waals surface area (Å²) in [5.74, 6) is -2.23. The molecule has 9 rings (SSSR count). The molecule has 12 unspecified atom stereocenters. The van der Waals surface area contributed by atoms with Gasteiger partial charge in [-0.05, 0) is 161 Å². The van der Waals surface area contributed by atoms with E-state index in [4.69, 9.17) is 33.2 Å². The number of esters is 7. The first-order valence-electron chi connectivity index (χ1n) is 25.8. The van der Waals surface area contributed by atoms with Crippen molar-refractivity contribution in [3.8, 4) is 0 Å². The highest BCUT2D eigenvalue weighted by Gasteiger charge is 2.64. The van der Waals surface area contributed by atoms with Gasteiger partial charge in [0, 0.05) is 24.2 Å². The van der Waals surface area contributed by atoms with E-state index in [2.05, 4.69) is 13.8 Å². The summed E-state index contributed by atoms with van der Waals surface area (Å²) in [7, 11) is 0. The van der Waals surface area contributed by atoms with Crippen LogP contribution in [-0.4, -0.2) is 84.5 Å². The number of hydrogen-bond donors (Lipinski definition) is 0. The highest BCUT2D eigenvalue weighted by atomic mass is 16.6. The number of carbonyl (C=O) groups excluding carboxylic acids is 7. The second-order valence-corrected chi connectivity index (χ2v) is 24.9. The summed E-state index contributed by atoms with van der Waals surface area (Å²) in [5, 5.41) is 0. The molecule has 374 valence electrons. The Balaban J connectivity index is 1.07. The fourth-order valence-corrected chi connectivity index (χ4v) is 15.6. The Morgan fingerprint density at radius 1 is 0.716 bits per heavy atom. The molecule has 2 saturated heterocycles. The van der Waals surface area contributed by atoms with Crippen molar-refractivity contribution in [2.45, 2.75) is 201 Å². The molecule has 0 aromatic rings. The zero-order valence-corrected chi connectivity index (χ0v) is 41.9. The van der Waals surface area contributed by atoms with E-state index in [9.17, 15) is 24.0 Å². The molecule has 12 atom stereocenters. The van der Waals surface area contributed by atoms with Gasteiger partial charge in [0.1, 0.15) is 23.4 Å². The predicted molar refractivity (Wildman–Crippen MR) is 241 cm³/mol. The van der Waals surface area contributed by atoms with Crippen molar-refractivity contribution >= 4 is 41.8 Å². The van der Waals surface area contributed by atoms with E-state index in [1.807, 2.05) is 27.7 Å². The number of rotatable bonds is 19. The molecule has 0 aromatic carbocycles. The summed E-state index contributed by atoms with van der Waals surface area (Å²) in [5.41, 5.74) is -7.15. The van der Waals surface area contributed by atoms with Crippen LogP contribution < -0.4 is 0 Å². The van der Waals surface area contributed by atoms with Crippen LogP contribution in [0.1, 0.15) is 172 Å². The lowest BCUT2D eigenvalue weighted by Gasteiger charge is -2.62. The first kappa shape index (κ1) is 49.7. The summed E-state index contributed by atoms with van der Waals surface area (Å²) >= 11 is 0. The predicted octanol–water partition coefficient (Wildman–Crippen LogP) is 8.41. The van der Waals surface area contributed by atoms with Crippen molar-refractivity contribution in [1.29, 1.82) is 0 Å². The van der Waals surface area contributed by atoms with Crippen LogP contribution in [-0.2, 0) is 66.7 Å². The van der Waals surface area contributed by atoms with Crippen LogP contribution in [0.15, 0.2) is 0 Å². The van der Waals surface area contributed by atoms with E-state index in [1.54, 1.807) is 27.7 Å². The van der Waals surface area contributed by atoms with Crippen molar-refractivity contribution in [2.24, 2.45) is 74.9 Å². The molecule has 0 spiro atoms. The highest BCUT2D eigenvalue weighted by molar-refractivity contribution is 5.87. The lowest BCUT2D eigenvalue weighted by molar-refractivity contribution is -0.225. The van der Waals surface area contributed by atoms with E-state index in [0.29, 0.717) is 49.4 Å². The molecular weight excluding hydrogens is 861 g/mol. The van der Waals surface area contributed by atoms with E-state index in [-0.39, 0.29) is 73.8 Å². The lowest BCUT2D eigenvalue weighted by atomic mass is 9.47. The van der Waals surface area contributed by atoms with Crippen LogP contribution in [0.25, 0.3) is 0 Å². The minimum atomic E-state index is -1.66. The second-order valence-electron chi connectivity index (χ2n) is 24.9. The SMILES string of the molecule is CCC(C)(CC(C)(CC(C)(CC(C)(C)C(=O)OCC(=O)OC1C2CC3C(=O)OC1C3C2)C(=O)OC1CCOC1=O)C(=O)OC1(C(C)C)CCCC1)C(=O)OC12CC3CC(CC(C3)C1C(C)C)C2. The number of carbonyl (C=O) groups is 7. The summed E-state index contributed by atoms with van der Waals surface area (Å²) in [6, 6.07) is 0. The van der Waals surface area contributed by atoms with Crippen molar-refractivity contribution in [2.75, 3.05) is 13.2 Å². The van der Waals surface area contributed by atoms with Gasteiger partial charge in [0.25, 0.3) is 0 Å². The normalized spacial score (nSPS) is 35.9. The number of cyclic esters (lactones) is 1. The third-order valence-corrected chi connectivity index (χ3v) is 18.5. The summed E-state index contributed by atoms with van der Waals surface area (Å²) in [4.78, 5) is 97.7. The molecule has 0 radical (unpaired) electrons. The third kappa shape index (κ3) is 9.15. The standard InChI is InChI=1S/C53H78O14/c1-11-49(8,46(59)67-53-23-31-18-32(24-53)20-33(19-31)39(53)29(2)3)27-51(10,47(60)66-52(30(4)5)15-12-13-16-52)28-50(9,45(58)63-37-14-17-61-43(37)56)26-48(6,7)44(57)62-25-38(54)64-40-34-21-35-36(22-34)42(55)65-41(35)40/h29-37,39-41H,11-28H2,1-10H3. The maximum Gasteiger partial charge on any atom is 0.347 e. The molecule has 9 fully saturated rings. The van der Waals surface area contributed by atoms with Crippen molar-refractivity contribution in [3.63, 3.8) is 0 Å². The van der Waals surface area contributed by atoms with Gasteiger partial charge >= 0.3 is 41.8 Å². The van der Waals surface area contributed by atoms with Crippen LogP contribution in [0.4, 0.5) is 0 Å². The quantitative estimate of drug-likeness (QED) is 0.0888. The van der Waals surface area contributed by atoms with E-state index >= 15 is 9.59 Å². The first-order valence-corrected chi connectivity index (χ1v) is 25.8. The molecule has 0 amide bonds. The van der Waals surface area contributed by atoms with Gasteiger partial charge in [0.15, 0.2) is 6.61 Å². The molecule has 2 aliphatic heterocycles. The number of ether oxygens (including phenoxy) is 7. The van der Waals surface area contributed by atoms with Gasteiger partial charge in [-0.15, -0.1) is 0 Å². The molecule has 7 saturated carbocycles. The fourth-order valence-electron chi connectivity index (χ4n) is 15.6. The molecule has 0 aromatic heterocycles. The van der Waals surface area contributed by atoms with E-state index in [0.717, 1.165) is 32.1 Å². The van der Waals surface area contributed by atoms with Gasteiger partial charge in [-0.1, -0.05) is 34.6 Å². The highest BCUT2D eigenvalue weighted by Crippen LogP contribution is 2.63. The lowest BCUT2D eigenvalue weighted by Crippen LogP contribution is -2.61. The maximum absolute atomic E-state index is 15.4. The molecule has 7 aliphatic carbocycles. The molecule has 2 heterocycles. The molecule has 14 nitrogen and oxygen atoms in total. The van der Waals surface area contributed by atoms with Gasteiger partial charge in [-0.25, -0.2) is 9.59 Å². The second kappa shape index (κ2) is 17.9. The zero-order chi connectivity index (χ0) is 48.6. The van der Waals surface area contributed by atoms with Crippen LogP contribution in [0.2, 0.25) is 0 Å². The van der Waals surface area contributed by atoms with Gasteiger partial charge < -0.3 is 33.2 Å². The van der Waals surface area contributed by atoms with Crippen molar-refractivity contribution in [3.05, 3.63) is 0 Å². The Bertz CT molecular complexity index is 1970. The third-order valence-electron chi connectivity index (χ3n) is 18.5. The van der Waals surface area contributed by atoms with Crippen LogP contribution >= 0.6 is 0 Å². The van der Waals surface area contributed by atoms with Crippen LogP contribution in [0.3, 0.4) is 0 Å². The molecule has 0 N–H and O–H groups in total. The largest absolute Gasteiger partial charge is 0.463 e. The molecular formula is C53H78O14. The molecule has 6 bridgehead atoms. The van der Waals surface area contributed by atoms with Gasteiger partial charge in [-0.3, -0.25) is 24.0 Å². The van der Waals surface area contributed by atoms with Crippen molar-refractivity contribution in [1.82, 2.24) is 0 Å². The Morgan fingerprint density at radius 3 is 1.94 bits per heavy atom. The molecule has 9 aliphatic rings. The maximum atomic E-state index is 15.4. The smallest absolute Gasteiger partial charge is 0.347 e. The first-order chi connectivity index (χ1) is 31.4. The summed E-state index contributed by atoms with van der Waals surface area (Å²) in [6.45, 7) is 18.3. The van der Waals surface area contributed by atoms with Crippen molar-refractivity contribution < 1.29 is 66.7 Å². The molecule has 67 heavy (non-hydrogen) atoms. The Morgan fingerprint density at radius 2 is 1.34 bits per heavy atom. The van der Waals surface area contributed by atoms with Gasteiger partial charge in [0.2, 0.25) is 6.10 Å². The molecule has 14 heteroatoms. The average Bonchev–Trinajstić information content (AvgIpc) is 4.07. The minimum Gasteiger partial charge on any atom is -0.463 e. The van der Waals surface area contributed by atoms with Crippen LogP contribution in [0, 0.1) is 74.9 Å². The summed E-state index contributed by atoms with van der Waals surface area (Å²) < 4.78 is 41.6. The average molecular weight is 939 g/mol. The zero-order valence-electron chi connectivity index (χ0n) is 41.9. The monoisotopic (exact) mass is 939 g/mol. The number of hydrogen-bond acceptors (Lipinski definition) is 14. The van der Waals surface area contributed by atoms with E-state index in [1.165, 1.54) is 19.3 Å².